The highest BCUT2D eigenvalue weighted by molar-refractivity contribution is 8.93. The molecule has 2 aromatic carbocycles. The first kappa shape index (κ1) is 23.3. The van der Waals surface area contributed by atoms with Crippen molar-refractivity contribution < 1.29 is 14.5 Å². The highest BCUT2D eigenvalue weighted by Gasteiger charge is 2.21. The average molecular weight is 451 g/mol. The third-order valence-corrected chi connectivity index (χ3v) is 3.95. The second kappa shape index (κ2) is 11.8. The maximum Gasteiger partial charge on any atom is 0.269 e. The first-order valence-corrected chi connectivity index (χ1v) is 8.62. The number of amides is 2. The summed E-state index contributed by atoms with van der Waals surface area (Å²) in [6.45, 7) is 0.503. The monoisotopic (exact) mass is 450 g/mol. The molecule has 0 aliphatic carbocycles. The summed E-state index contributed by atoms with van der Waals surface area (Å²) in [7, 11) is 0. The van der Waals surface area contributed by atoms with Gasteiger partial charge in [-0.05, 0) is 50.1 Å². The Morgan fingerprint density at radius 3 is 2.25 bits per heavy atom. The van der Waals surface area contributed by atoms with Crippen LogP contribution in [-0.2, 0) is 4.79 Å². The summed E-state index contributed by atoms with van der Waals surface area (Å²) in [5.74, 6) is -0.725. The fourth-order valence-corrected chi connectivity index (χ4v) is 2.49. The molecule has 0 fully saturated rings. The van der Waals surface area contributed by atoms with Crippen LogP contribution in [0.2, 0.25) is 0 Å². The lowest BCUT2D eigenvalue weighted by atomic mass is 10.1. The van der Waals surface area contributed by atoms with Crippen molar-refractivity contribution in [1.29, 1.82) is 0 Å². The number of unbranched alkanes of at least 4 members (excludes halogenated alkanes) is 1. The molecule has 0 saturated heterocycles. The van der Waals surface area contributed by atoms with Gasteiger partial charge in [-0.2, -0.15) is 0 Å². The Kier molecular flexibility index (Phi) is 9.83. The van der Waals surface area contributed by atoms with Crippen molar-refractivity contribution in [1.82, 2.24) is 5.32 Å². The fourth-order valence-electron chi connectivity index (χ4n) is 2.49. The maximum absolute atomic E-state index is 12.6. The van der Waals surface area contributed by atoms with Gasteiger partial charge in [0.15, 0.2) is 0 Å². The largest absolute Gasteiger partial charge is 0.340 e. The second-order valence-corrected chi connectivity index (χ2v) is 5.97. The number of hydrogen-bond donors (Lipinski definition) is 3. The SMILES string of the molecule is Br.NCCCCC(NC(=O)c1ccccc1)C(=O)Nc1ccc([N+](=O)[O-])cc1. The van der Waals surface area contributed by atoms with Gasteiger partial charge in [0.2, 0.25) is 5.91 Å². The number of halogens is 1. The zero-order chi connectivity index (χ0) is 19.6. The number of nitrogens with two attached hydrogens (primary N) is 1. The number of nitrogens with zero attached hydrogens (tertiary/aromatic N) is 1. The van der Waals surface area contributed by atoms with Crippen LogP contribution in [-0.4, -0.2) is 29.3 Å². The molecule has 0 saturated carbocycles. The summed E-state index contributed by atoms with van der Waals surface area (Å²) in [5, 5.41) is 16.1. The molecule has 0 radical (unpaired) electrons. The van der Waals surface area contributed by atoms with E-state index in [1.807, 2.05) is 0 Å². The van der Waals surface area contributed by atoms with Gasteiger partial charge in [0.05, 0.1) is 4.92 Å². The van der Waals surface area contributed by atoms with Crippen LogP contribution in [0.4, 0.5) is 11.4 Å². The maximum atomic E-state index is 12.6. The molecule has 0 aliphatic heterocycles. The number of anilines is 1. The van der Waals surface area contributed by atoms with Crippen LogP contribution < -0.4 is 16.4 Å². The fraction of sp³-hybridized carbons (Fsp3) is 0.263. The predicted molar refractivity (Wildman–Crippen MR) is 113 cm³/mol. The number of nitrogens with one attached hydrogen (secondary N) is 2. The third kappa shape index (κ3) is 7.09. The first-order valence-electron chi connectivity index (χ1n) is 8.62. The number of rotatable bonds is 9. The van der Waals surface area contributed by atoms with Crippen LogP contribution in [0.3, 0.4) is 0 Å². The van der Waals surface area contributed by atoms with Gasteiger partial charge >= 0.3 is 0 Å². The average Bonchev–Trinajstić information content (AvgIpc) is 2.68. The highest BCUT2D eigenvalue weighted by Crippen LogP contribution is 2.16. The Morgan fingerprint density at radius 2 is 1.68 bits per heavy atom. The van der Waals surface area contributed by atoms with E-state index in [0.29, 0.717) is 30.6 Å². The predicted octanol–water partition coefficient (Wildman–Crippen LogP) is 3.04. The zero-order valence-corrected chi connectivity index (χ0v) is 16.9. The number of non-ortho nitro benzene ring substituents is 1. The Hall–Kier alpha value is -2.78. The van der Waals surface area contributed by atoms with E-state index in [1.54, 1.807) is 30.3 Å². The third-order valence-electron chi connectivity index (χ3n) is 3.95. The lowest BCUT2D eigenvalue weighted by Gasteiger charge is -2.18. The van der Waals surface area contributed by atoms with Crippen LogP contribution in [0.5, 0.6) is 0 Å². The molecule has 0 bridgehead atoms. The summed E-state index contributed by atoms with van der Waals surface area (Å²) in [6.07, 6.45) is 1.86. The molecule has 9 heteroatoms. The lowest BCUT2D eigenvalue weighted by molar-refractivity contribution is -0.384. The van der Waals surface area contributed by atoms with E-state index in [0.717, 1.165) is 6.42 Å². The Morgan fingerprint density at radius 1 is 1.04 bits per heavy atom. The van der Waals surface area contributed by atoms with Crippen LogP contribution >= 0.6 is 17.0 Å². The van der Waals surface area contributed by atoms with E-state index in [9.17, 15) is 19.7 Å². The van der Waals surface area contributed by atoms with E-state index in [2.05, 4.69) is 10.6 Å². The smallest absolute Gasteiger partial charge is 0.269 e. The van der Waals surface area contributed by atoms with E-state index >= 15 is 0 Å². The normalized spacial score (nSPS) is 11.0. The molecule has 1 unspecified atom stereocenters. The molecule has 0 spiro atoms. The van der Waals surface area contributed by atoms with Crippen molar-refractivity contribution in [2.24, 2.45) is 5.73 Å². The summed E-state index contributed by atoms with van der Waals surface area (Å²) in [5.41, 5.74) is 6.32. The number of nitro groups is 1. The standard InChI is InChI=1S/C19H22N4O4.BrH/c20-13-5-4-8-17(22-18(24)14-6-2-1-3-7-14)19(25)21-15-9-11-16(12-10-15)23(26)27;/h1-3,6-7,9-12,17H,4-5,8,13,20H2,(H,21,25)(H,22,24);1H. The molecule has 0 aromatic heterocycles. The van der Waals surface area contributed by atoms with E-state index < -0.39 is 11.0 Å². The Labute approximate surface area is 173 Å². The molecule has 4 N–H and O–H groups in total. The molecular formula is C19H23BrN4O4. The Balaban J connectivity index is 0.00000392. The minimum atomic E-state index is -0.737. The zero-order valence-electron chi connectivity index (χ0n) is 15.2. The molecule has 28 heavy (non-hydrogen) atoms. The quantitative estimate of drug-likeness (QED) is 0.307. The molecule has 2 aromatic rings. The number of carbonyl (C=O) groups excluding carboxylic acids is 2. The van der Waals surface area contributed by atoms with E-state index in [-0.39, 0.29) is 34.5 Å². The van der Waals surface area contributed by atoms with Gasteiger partial charge in [-0.1, -0.05) is 18.2 Å². The van der Waals surface area contributed by atoms with Crippen molar-refractivity contribution >= 4 is 40.2 Å². The van der Waals surface area contributed by atoms with Crippen molar-refractivity contribution in [3.63, 3.8) is 0 Å². The molecule has 0 heterocycles. The van der Waals surface area contributed by atoms with Gasteiger partial charge in [-0.25, -0.2) is 0 Å². The van der Waals surface area contributed by atoms with Crippen LogP contribution in [0, 0.1) is 10.1 Å². The van der Waals surface area contributed by atoms with Crippen LogP contribution in [0.1, 0.15) is 29.6 Å². The van der Waals surface area contributed by atoms with Gasteiger partial charge in [-0.3, -0.25) is 19.7 Å². The van der Waals surface area contributed by atoms with Crippen LogP contribution in [0.25, 0.3) is 0 Å². The van der Waals surface area contributed by atoms with Gasteiger partial charge < -0.3 is 16.4 Å². The van der Waals surface area contributed by atoms with Gasteiger partial charge in [0, 0.05) is 23.4 Å². The van der Waals surface area contributed by atoms with Gasteiger partial charge in [-0.15, -0.1) is 17.0 Å². The number of benzene rings is 2. The second-order valence-electron chi connectivity index (χ2n) is 5.97. The first-order chi connectivity index (χ1) is 13.0. The molecule has 2 rings (SSSR count). The van der Waals surface area contributed by atoms with Crippen molar-refractivity contribution in [2.45, 2.75) is 25.3 Å². The van der Waals surface area contributed by atoms with Gasteiger partial charge in [0.1, 0.15) is 6.04 Å². The van der Waals surface area contributed by atoms with Crippen molar-refractivity contribution in [3.05, 3.63) is 70.3 Å². The summed E-state index contributed by atoms with van der Waals surface area (Å²) < 4.78 is 0. The lowest BCUT2D eigenvalue weighted by Crippen LogP contribution is -2.43. The minimum absolute atomic E-state index is 0. The number of carbonyl (C=O) groups is 2. The summed E-state index contributed by atoms with van der Waals surface area (Å²) >= 11 is 0. The summed E-state index contributed by atoms with van der Waals surface area (Å²) in [6, 6.07) is 13.4. The molecule has 8 nitrogen and oxygen atoms in total. The molecule has 150 valence electrons. The number of hydrogen-bond acceptors (Lipinski definition) is 5. The van der Waals surface area contributed by atoms with Crippen LogP contribution in [0.15, 0.2) is 54.6 Å². The van der Waals surface area contributed by atoms with Crippen molar-refractivity contribution in [2.75, 3.05) is 11.9 Å². The van der Waals surface area contributed by atoms with Gasteiger partial charge in [0.25, 0.3) is 11.6 Å². The molecular weight excluding hydrogens is 428 g/mol. The van der Waals surface area contributed by atoms with Crippen molar-refractivity contribution in [3.8, 4) is 0 Å². The molecule has 1 atom stereocenters. The molecule has 0 aliphatic rings. The summed E-state index contributed by atoms with van der Waals surface area (Å²) in [4.78, 5) is 35.2. The molecule has 2 amide bonds. The number of nitro benzene ring substituents is 1. The minimum Gasteiger partial charge on any atom is -0.340 e. The van der Waals surface area contributed by atoms with E-state index in [1.165, 1.54) is 24.3 Å². The Bertz CT molecular complexity index is 784. The topological polar surface area (TPSA) is 127 Å². The van der Waals surface area contributed by atoms with E-state index in [4.69, 9.17) is 5.73 Å². The highest BCUT2D eigenvalue weighted by atomic mass is 79.9.